The zero-order valence-corrected chi connectivity index (χ0v) is 11.2. The molecule has 1 aliphatic carbocycles. The first-order valence-corrected chi connectivity index (χ1v) is 7.47. The minimum atomic E-state index is 0.0665. The molecule has 1 saturated heterocycles. The maximum absolute atomic E-state index is 12.4. The minimum absolute atomic E-state index is 0.0665. The van der Waals surface area contributed by atoms with Crippen LogP contribution in [0.25, 0.3) is 0 Å². The summed E-state index contributed by atoms with van der Waals surface area (Å²) in [6.45, 7) is 3.02. The maximum Gasteiger partial charge on any atom is 0.275 e. The zero-order valence-electron chi connectivity index (χ0n) is 10.3. The van der Waals surface area contributed by atoms with Crippen LogP contribution in [0.1, 0.15) is 36.2 Å². The standard InChI is InChI=1S/C12H18N4OS/c17-12(11-8-18-15-14-11)16(10-3-4-10)7-9-2-1-5-13-6-9/h8-10,13H,1-7H2. The first-order valence-electron chi connectivity index (χ1n) is 6.63. The molecule has 0 bridgehead atoms. The molecule has 18 heavy (non-hydrogen) atoms. The summed E-state index contributed by atoms with van der Waals surface area (Å²) in [6, 6.07) is 0.445. The molecular formula is C12H18N4OS. The van der Waals surface area contributed by atoms with Crippen LogP contribution in [0.3, 0.4) is 0 Å². The topological polar surface area (TPSA) is 58.1 Å². The van der Waals surface area contributed by atoms with Gasteiger partial charge in [0.25, 0.3) is 5.91 Å². The molecular weight excluding hydrogens is 248 g/mol. The van der Waals surface area contributed by atoms with Gasteiger partial charge in [-0.2, -0.15) is 0 Å². The van der Waals surface area contributed by atoms with Gasteiger partial charge < -0.3 is 10.2 Å². The summed E-state index contributed by atoms with van der Waals surface area (Å²) in [4.78, 5) is 14.4. The summed E-state index contributed by atoms with van der Waals surface area (Å²) >= 11 is 1.24. The molecule has 1 amide bonds. The fourth-order valence-corrected chi connectivity index (χ4v) is 2.98. The van der Waals surface area contributed by atoms with E-state index >= 15 is 0 Å². The highest BCUT2D eigenvalue weighted by atomic mass is 32.1. The highest BCUT2D eigenvalue weighted by Gasteiger charge is 2.35. The molecule has 6 heteroatoms. The largest absolute Gasteiger partial charge is 0.334 e. The fourth-order valence-electron chi connectivity index (χ4n) is 2.55. The van der Waals surface area contributed by atoms with Gasteiger partial charge in [-0.25, -0.2) is 0 Å². The van der Waals surface area contributed by atoms with Gasteiger partial charge in [-0.15, -0.1) is 5.10 Å². The smallest absolute Gasteiger partial charge is 0.275 e. The second kappa shape index (κ2) is 5.32. The average Bonchev–Trinajstić information content (AvgIpc) is 3.10. The van der Waals surface area contributed by atoms with Crippen molar-refractivity contribution in [2.45, 2.75) is 31.7 Å². The Morgan fingerprint density at radius 2 is 2.39 bits per heavy atom. The van der Waals surface area contributed by atoms with Crippen molar-refractivity contribution in [2.24, 2.45) is 5.92 Å². The highest BCUT2D eigenvalue weighted by Crippen LogP contribution is 2.29. The van der Waals surface area contributed by atoms with E-state index < -0.39 is 0 Å². The number of aromatic nitrogens is 2. The quantitative estimate of drug-likeness (QED) is 0.888. The third-order valence-corrected chi connectivity index (χ3v) is 4.19. The summed E-state index contributed by atoms with van der Waals surface area (Å²) in [5.41, 5.74) is 0.510. The second-order valence-electron chi connectivity index (χ2n) is 5.19. The Hall–Kier alpha value is -1.01. The van der Waals surface area contributed by atoms with Crippen LogP contribution in [-0.2, 0) is 0 Å². The summed E-state index contributed by atoms with van der Waals surface area (Å²) in [5, 5.41) is 9.06. The third-order valence-electron chi connectivity index (χ3n) is 3.68. The molecule has 2 fully saturated rings. The first kappa shape index (κ1) is 12.0. The summed E-state index contributed by atoms with van der Waals surface area (Å²) in [6.07, 6.45) is 4.72. The van der Waals surface area contributed by atoms with Crippen LogP contribution < -0.4 is 5.32 Å². The van der Waals surface area contributed by atoms with Gasteiger partial charge in [0.15, 0.2) is 5.69 Å². The Balaban J connectivity index is 1.66. The number of carbonyl (C=O) groups is 1. The Kier molecular flexibility index (Phi) is 3.56. The average molecular weight is 266 g/mol. The lowest BCUT2D eigenvalue weighted by Gasteiger charge is -2.29. The lowest BCUT2D eigenvalue weighted by molar-refractivity contribution is 0.0698. The molecule has 1 N–H and O–H groups in total. The molecule has 1 aliphatic heterocycles. The predicted octanol–water partition coefficient (Wildman–Crippen LogP) is 1.14. The van der Waals surface area contributed by atoms with Crippen molar-refractivity contribution in [2.75, 3.05) is 19.6 Å². The summed E-state index contributed by atoms with van der Waals surface area (Å²) in [5.74, 6) is 0.659. The highest BCUT2D eigenvalue weighted by molar-refractivity contribution is 7.03. The van der Waals surface area contributed by atoms with Gasteiger partial charge in [0.1, 0.15) is 0 Å². The van der Waals surface area contributed by atoms with Crippen LogP contribution in [0.2, 0.25) is 0 Å². The SMILES string of the molecule is O=C(c1csnn1)N(CC1CCCNC1)C1CC1. The molecule has 0 radical (unpaired) electrons. The van der Waals surface area contributed by atoms with Gasteiger partial charge in [0, 0.05) is 18.0 Å². The molecule has 1 unspecified atom stereocenters. The lowest BCUT2D eigenvalue weighted by atomic mass is 9.99. The number of piperidine rings is 1. The van der Waals surface area contributed by atoms with E-state index in [2.05, 4.69) is 14.9 Å². The van der Waals surface area contributed by atoms with E-state index in [4.69, 9.17) is 0 Å². The normalized spacial score (nSPS) is 23.9. The van der Waals surface area contributed by atoms with E-state index in [-0.39, 0.29) is 5.91 Å². The molecule has 1 saturated carbocycles. The van der Waals surface area contributed by atoms with Crippen LogP contribution >= 0.6 is 11.5 Å². The van der Waals surface area contributed by atoms with E-state index in [9.17, 15) is 4.79 Å². The van der Waals surface area contributed by atoms with Crippen LogP contribution in [0.4, 0.5) is 0 Å². The molecule has 3 rings (SSSR count). The monoisotopic (exact) mass is 266 g/mol. The molecule has 0 aromatic carbocycles. The molecule has 1 aromatic heterocycles. The van der Waals surface area contributed by atoms with Gasteiger partial charge in [-0.05, 0) is 56.2 Å². The Morgan fingerprint density at radius 1 is 1.50 bits per heavy atom. The van der Waals surface area contributed by atoms with Crippen molar-refractivity contribution >= 4 is 17.4 Å². The van der Waals surface area contributed by atoms with Gasteiger partial charge in [0.2, 0.25) is 0 Å². The number of rotatable bonds is 4. The van der Waals surface area contributed by atoms with Crippen LogP contribution in [0.5, 0.6) is 0 Å². The van der Waals surface area contributed by atoms with Crippen molar-refractivity contribution in [3.63, 3.8) is 0 Å². The van der Waals surface area contributed by atoms with E-state index in [1.54, 1.807) is 5.38 Å². The summed E-state index contributed by atoms with van der Waals surface area (Å²) in [7, 11) is 0. The Bertz CT molecular complexity index is 398. The number of nitrogens with zero attached hydrogens (tertiary/aromatic N) is 3. The Morgan fingerprint density at radius 3 is 3.00 bits per heavy atom. The number of amides is 1. The molecule has 98 valence electrons. The third kappa shape index (κ3) is 2.70. The number of hydrogen-bond donors (Lipinski definition) is 1. The van der Waals surface area contributed by atoms with Gasteiger partial charge in [0.05, 0.1) is 0 Å². The van der Waals surface area contributed by atoms with E-state index in [1.807, 2.05) is 4.90 Å². The van der Waals surface area contributed by atoms with Crippen molar-refractivity contribution in [3.8, 4) is 0 Å². The molecule has 2 aliphatic rings. The van der Waals surface area contributed by atoms with Crippen molar-refractivity contribution in [1.29, 1.82) is 0 Å². The maximum atomic E-state index is 12.4. The van der Waals surface area contributed by atoms with Crippen LogP contribution in [0.15, 0.2) is 5.38 Å². The first-order chi connectivity index (χ1) is 8.84. The van der Waals surface area contributed by atoms with Crippen molar-refractivity contribution in [1.82, 2.24) is 19.8 Å². The molecule has 1 atom stereocenters. The van der Waals surface area contributed by atoms with Gasteiger partial charge in [-0.3, -0.25) is 4.79 Å². The number of carbonyl (C=O) groups excluding carboxylic acids is 1. The number of hydrogen-bond acceptors (Lipinski definition) is 5. The second-order valence-corrected chi connectivity index (χ2v) is 5.80. The van der Waals surface area contributed by atoms with Crippen molar-refractivity contribution < 1.29 is 4.79 Å². The Labute approximate surface area is 111 Å². The van der Waals surface area contributed by atoms with Crippen molar-refractivity contribution in [3.05, 3.63) is 11.1 Å². The van der Waals surface area contributed by atoms with Crippen LogP contribution in [0, 0.1) is 5.92 Å². The lowest BCUT2D eigenvalue weighted by Crippen LogP contribution is -2.42. The van der Waals surface area contributed by atoms with Crippen LogP contribution in [-0.4, -0.2) is 46.1 Å². The number of nitrogens with one attached hydrogen (secondary N) is 1. The molecule has 0 spiro atoms. The van der Waals surface area contributed by atoms with Gasteiger partial charge >= 0.3 is 0 Å². The molecule has 5 nitrogen and oxygen atoms in total. The predicted molar refractivity (Wildman–Crippen MR) is 69.6 cm³/mol. The van der Waals surface area contributed by atoms with E-state index in [1.165, 1.54) is 24.4 Å². The molecule has 2 heterocycles. The minimum Gasteiger partial charge on any atom is -0.334 e. The van der Waals surface area contributed by atoms with Gasteiger partial charge in [-0.1, -0.05) is 4.49 Å². The van der Waals surface area contributed by atoms with E-state index in [0.717, 1.165) is 32.5 Å². The molecule has 1 aromatic rings. The van der Waals surface area contributed by atoms with E-state index in [0.29, 0.717) is 17.7 Å². The fraction of sp³-hybridized carbons (Fsp3) is 0.750. The zero-order chi connectivity index (χ0) is 12.4. The summed E-state index contributed by atoms with van der Waals surface area (Å²) < 4.78 is 3.78.